The second-order valence-corrected chi connectivity index (χ2v) is 4.36. The highest BCUT2D eigenvalue weighted by atomic mass is 16.5. The first kappa shape index (κ1) is 13.4. The highest BCUT2D eigenvalue weighted by Gasteiger charge is 2.12. The standard InChI is InChI=1S/C15H18N2O2/c1-10-4-5-11(9-17-10)15(16)12-6-13(18-2)8-14(7-12)19-3/h4-9,15H,16H2,1-3H3. The molecular formula is C15H18N2O2. The first-order chi connectivity index (χ1) is 9.13. The molecule has 0 aliphatic heterocycles. The zero-order valence-electron chi connectivity index (χ0n) is 11.4. The number of pyridine rings is 1. The zero-order chi connectivity index (χ0) is 13.8. The summed E-state index contributed by atoms with van der Waals surface area (Å²) in [5.41, 5.74) is 9.13. The van der Waals surface area contributed by atoms with E-state index in [1.54, 1.807) is 20.4 Å². The zero-order valence-corrected chi connectivity index (χ0v) is 11.4. The molecule has 4 nitrogen and oxygen atoms in total. The summed E-state index contributed by atoms with van der Waals surface area (Å²) in [5.74, 6) is 1.45. The van der Waals surface area contributed by atoms with Crippen molar-refractivity contribution in [3.63, 3.8) is 0 Å². The predicted octanol–water partition coefficient (Wildman–Crippen LogP) is 2.46. The minimum Gasteiger partial charge on any atom is -0.497 e. The molecule has 2 aromatic rings. The smallest absolute Gasteiger partial charge is 0.122 e. The molecule has 0 amide bonds. The molecule has 4 heteroatoms. The Hall–Kier alpha value is -2.07. The molecule has 1 atom stereocenters. The molecule has 1 aromatic heterocycles. The van der Waals surface area contributed by atoms with Gasteiger partial charge in [0.15, 0.2) is 0 Å². The second kappa shape index (κ2) is 5.71. The van der Waals surface area contributed by atoms with Gasteiger partial charge in [0.2, 0.25) is 0 Å². The van der Waals surface area contributed by atoms with E-state index in [9.17, 15) is 0 Å². The Morgan fingerprint density at radius 2 is 1.63 bits per heavy atom. The number of rotatable bonds is 4. The van der Waals surface area contributed by atoms with Crippen LogP contribution in [0.5, 0.6) is 11.5 Å². The number of aromatic nitrogens is 1. The summed E-state index contributed by atoms with van der Waals surface area (Å²) < 4.78 is 10.5. The van der Waals surface area contributed by atoms with Gasteiger partial charge >= 0.3 is 0 Å². The SMILES string of the molecule is COc1cc(OC)cc(C(N)c2ccc(C)nc2)c1. The fraction of sp³-hybridized carbons (Fsp3) is 0.267. The van der Waals surface area contributed by atoms with E-state index in [0.29, 0.717) is 0 Å². The molecule has 19 heavy (non-hydrogen) atoms. The van der Waals surface area contributed by atoms with E-state index < -0.39 is 0 Å². The molecule has 1 heterocycles. The van der Waals surface area contributed by atoms with Gasteiger partial charge in [-0.3, -0.25) is 4.98 Å². The van der Waals surface area contributed by atoms with Crippen LogP contribution in [-0.4, -0.2) is 19.2 Å². The van der Waals surface area contributed by atoms with Crippen LogP contribution in [0.25, 0.3) is 0 Å². The average molecular weight is 258 g/mol. The van der Waals surface area contributed by atoms with Crippen LogP contribution in [-0.2, 0) is 0 Å². The van der Waals surface area contributed by atoms with Gasteiger partial charge in [-0.2, -0.15) is 0 Å². The summed E-state index contributed by atoms with van der Waals surface area (Å²) in [6.45, 7) is 1.95. The summed E-state index contributed by atoms with van der Waals surface area (Å²) in [5, 5.41) is 0. The van der Waals surface area contributed by atoms with E-state index >= 15 is 0 Å². The van der Waals surface area contributed by atoms with E-state index in [1.165, 1.54) is 0 Å². The van der Waals surface area contributed by atoms with Crippen molar-refractivity contribution in [2.45, 2.75) is 13.0 Å². The highest BCUT2D eigenvalue weighted by Crippen LogP contribution is 2.28. The van der Waals surface area contributed by atoms with Crippen LogP contribution >= 0.6 is 0 Å². The lowest BCUT2D eigenvalue weighted by Crippen LogP contribution is -2.12. The van der Waals surface area contributed by atoms with Crippen LogP contribution in [0, 0.1) is 6.92 Å². The van der Waals surface area contributed by atoms with Crippen molar-refractivity contribution in [3.05, 3.63) is 53.3 Å². The molecule has 0 saturated heterocycles. The first-order valence-corrected chi connectivity index (χ1v) is 6.05. The molecule has 1 aromatic carbocycles. The number of benzene rings is 1. The van der Waals surface area contributed by atoms with Gasteiger partial charge in [0.1, 0.15) is 11.5 Å². The maximum Gasteiger partial charge on any atom is 0.122 e. The quantitative estimate of drug-likeness (QED) is 0.915. The number of ether oxygens (including phenoxy) is 2. The largest absolute Gasteiger partial charge is 0.497 e. The van der Waals surface area contributed by atoms with Gasteiger partial charge in [-0.05, 0) is 36.2 Å². The molecule has 2 N–H and O–H groups in total. The predicted molar refractivity (Wildman–Crippen MR) is 74.6 cm³/mol. The number of hydrogen-bond donors (Lipinski definition) is 1. The molecule has 0 aliphatic carbocycles. The Balaban J connectivity index is 2.37. The Labute approximate surface area is 113 Å². The van der Waals surface area contributed by atoms with E-state index in [-0.39, 0.29) is 6.04 Å². The van der Waals surface area contributed by atoms with Crippen molar-refractivity contribution < 1.29 is 9.47 Å². The number of aryl methyl sites for hydroxylation is 1. The molecule has 100 valence electrons. The van der Waals surface area contributed by atoms with Gasteiger partial charge in [-0.1, -0.05) is 6.07 Å². The average Bonchev–Trinajstić information content (AvgIpc) is 2.46. The van der Waals surface area contributed by atoms with Crippen molar-refractivity contribution in [1.82, 2.24) is 4.98 Å². The van der Waals surface area contributed by atoms with Crippen molar-refractivity contribution >= 4 is 0 Å². The normalized spacial score (nSPS) is 12.0. The maximum atomic E-state index is 6.26. The fourth-order valence-corrected chi connectivity index (χ4v) is 1.86. The number of nitrogens with zero attached hydrogens (tertiary/aromatic N) is 1. The molecule has 0 fully saturated rings. The van der Waals surface area contributed by atoms with Crippen LogP contribution in [0.1, 0.15) is 22.9 Å². The van der Waals surface area contributed by atoms with Crippen molar-refractivity contribution in [3.8, 4) is 11.5 Å². The summed E-state index contributed by atoms with van der Waals surface area (Å²) in [6, 6.07) is 9.33. The molecule has 2 rings (SSSR count). The van der Waals surface area contributed by atoms with Crippen LogP contribution in [0.4, 0.5) is 0 Å². The lowest BCUT2D eigenvalue weighted by molar-refractivity contribution is 0.393. The molecular weight excluding hydrogens is 240 g/mol. The maximum absolute atomic E-state index is 6.26. The second-order valence-electron chi connectivity index (χ2n) is 4.36. The third kappa shape index (κ3) is 3.03. The number of hydrogen-bond acceptors (Lipinski definition) is 4. The summed E-state index contributed by atoms with van der Waals surface area (Å²) in [7, 11) is 3.25. The van der Waals surface area contributed by atoms with Crippen LogP contribution in [0.15, 0.2) is 36.5 Å². The molecule has 1 unspecified atom stereocenters. The number of methoxy groups -OCH3 is 2. The van der Waals surface area contributed by atoms with Gasteiger partial charge in [0.25, 0.3) is 0 Å². The van der Waals surface area contributed by atoms with E-state index in [0.717, 1.165) is 28.3 Å². The van der Waals surface area contributed by atoms with Crippen molar-refractivity contribution in [2.75, 3.05) is 14.2 Å². The van der Waals surface area contributed by atoms with Crippen molar-refractivity contribution in [2.24, 2.45) is 5.73 Å². The van der Waals surface area contributed by atoms with Crippen LogP contribution < -0.4 is 15.2 Å². The third-order valence-electron chi connectivity index (χ3n) is 3.03. The van der Waals surface area contributed by atoms with Gasteiger partial charge in [-0.25, -0.2) is 0 Å². The lowest BCUT2D eigenvalue weighted by atomic mass is 10.0. The monoisotopic (exact) mass is 258 g/mol. The van der Waals surface area contributed by atoms with Gasteiger partial charge in [0.05, 0.1) is 20.3 Å². The number of nitrogens with two attached hydrogens (primary N) is 1. The minimum absolute atomic E-state index is 0.253. The third-order valence-corrected chi connectivity index (χ3v) is 3.03. The molecule has 0 saturated carbocycles. The Morgan fingerprint density at radius 3 is 2.11 bits per heavy atom. The Kier molecular flexibility index (Phi) is 4.02. The van der Waals surface area contributed by atoms with E-state index in [1.807, 2.05) is 37.3 Å². The summed E-state index contributed by atoms with van der Waals surface area (Å²) >= 11 is 0. The summed E-state index contributed by atoms with van der Waals surface area (Å²) in [6.07, 6.45) is 1.80. The summed E-state index contributed by atoms with van der Waals surface area (Å²) in [4.78, 5) is 4.27. The Morgan fingerprint density at radius 1 is 1.00 bits per heavy atom. The van der Waals surface area contributed by atoms with Crippen molar-refractivity contribution in [1.29, 1.82) is 0 Å². The minimum atomic E-state index is -0.253. The highest BCUT2D eigenvalue weighted by molar-refractivity contribution is 5.42. The Bertz CT molecular complexity index is 530. The van der Waals surface area contributed by atoms with Gasteiger partial charge in [0, 0.05) is 18.0 Å². The van der Waals surface area contributed by atoms with Crippen LogP contribution in [0.3, 0.4) is 0 Å². The van der Waals surface area contributed by atoms with Gasteiger partial charge < -0.3 is 15.2 Å². The fourth-order valence-electron chi connectivity index (χ4n) is 1.86. The van der Waals surface area contributed by atoms with Gasteiger partial charge in [-0.15, -0.1) is 0 Å². The lowest BCUT2D eigenvalue weighted by Gasteiger charge is -2.15. The topological polar surface area (TPSA) is 57.4 Å². The molecule has 0 spiro atoms. The molecule has 0 aliphatic rings. The van der Waals surface area contributed by atoms with Crippen LogP contribution in [0.2, 0.25) is 0 Å². The first-order valence-electron chi connectivity index (χ1n) is 6.05. The van der Waals surface area contributed by atoms with E-state index in [2.05, 4.69) is 4.98 Å². The molecule has 0 bridgehead atoms. The van der Waals surface area contributed by atoms with E-state index in [4.69, 9.17) is 15.2 Å². The molecule has 0 radical (unpaired) electrons.